The molecule has 106 valence electrons. The van der Waals surface area contributed by atoms with Crippen molar-refractivity contribution in [2.24, 2.45) is 0 Å². The highest BCUT2D eigenvalue weighted by molar-refractivity contribution is 9.10. The minimum atomic E-state index is 0.693. The van der Waals surface area contributed by atoms with E-state index in [1.807, 2.05) is 38.2 Å². The van der Waals surface area contributed by atoms with Gasteiger partial charge in [0.1, 0.15) is 11.6 Å². The molecule has 2 rings (SSSR count). The highest BCUT2D eigenvalue weighted by atomic mass is 79.9. The molecule has 20 heavy (non-hydrogen) atoms. The second-order valence-corrected chi connectivity index (χ2v) is 5.47. The number of hydrogen-bond acceptors (Lipinski definition) is 4. The summed E-state index contributed by atoms with van der Waals surface area (Å²) in [6.07, 6.45) is 1.69. The molecule has 0 saturated carbocycles. The number of pyridine rings is 1. The van der Waals surface area contributed by atoms with Gasteiger partial charge in [-0.1, -0.05) is 12.1 Å². The molecule has 0 atom stereocenters. The maximum atomic E-state index is 5.85. The van der Waals surface area contributed by atoms with E-state index in [1.165, 1.54) is 5.56 Å². The van der Waals surface area contributed by atoms with E-state index in [1.54, 1.807) is 13.3 Å². The van der Waals surface area contributed by atoms with Crippen molar-refractivity contribution >= 4 is 27.4 Å². The Kier molecular flexibility index (Phi) is 4.49. The maximum Gasteiger partial charge on any atom is 0.143 e. The number of aromatic nitrogens is 1. The number of hydrogen-bond donors (Lipinski definition) is 1. The second-order valence-electron chi connectivity index (χ2n) is 4.68. The fourth-order valence-electron chi connectivity index (χ4n) is 1.92. The molecule has 0 spiro atoms. The summed E-state index contributed by atoms with van der Waals surface area (Å²) in [5, 5.41) is 0. The fraction of sp³-hybridized carbons (Fsp3) is 0.267. The van der Waals surface area contributed by atoms with Crippen molar-refractivity contribution in [3.8, 4) is 5.75 Å². The maximum absolute atomic E-state index is 5.85. The van der Waals surface area contributed by atoms with Crippen LogP contribution in [0.1, 0.15) is 11.1 Å². The highest BCUT2D eigenvalue weighted by Crippen LogP contribution is 2.30. The van der Waals surface area contributed by atoms with Crippen LogP contribution in [0.2, 0.25) is 0 Å². The molecular weight excluding hydrogens is 318 g/mol. The Balaban J connectivity index is 2.19. The van der Waals surface area contributed by atoms with Crippen LogP contribution < -0.4 is 15.4 Å². The smallest absolute Gasteiger partial charge is 0.143 e. The molecule has 0 bridgehead atoms. The molecule has 5 heteroatoms. The molecule has 1 aromatic carbocycles. The molecule has 4 nitrogen and oxygen atoms in total. The van der Waals surface area contributed by atoms with Crippen LogP contribution in [-0.2, 0) is 6.54 Å². The highest BCUT2D eigenvalue weighted by Gasteiger charge is 2.12. The van der Waals surface area contributed by atoms with Crippen molar-refractivity contribution < 1.29 is 4.74 Å². The lowest BCUT2D eigenvalue weighted by atomic mass is 10.2. The Morgan fingerprint density at radius 1 is 1.30 bits per heavy atom. The summed E-state index contributed by atoms with van der Waals surface area (Å²) >= 11 is 3.56. The SMILES string of the molecule is COc1ccc(CN(C)c2ncc(N)c(C)c2Br)cc1. The molecule has 0 aliphatic carbocycles. The van der Waals surface area contributed by atoms with Crippen molar-refractivity contribution in [1.82, 2.24) is 4.98 Å². The van der Waals surface area contributed by atoms with Crippen LogP contribution in [0.25, 0.3) is 0 Å². The zero-order chi connectivity index (χ0) is 14.7. The molecule has 0 unspecified atom stereocenters. The van der Waals surface area contributed by atoms with Gasteiger partial charge >= 0.3 is 0 Å². The van der Waals surface area contributed by atoms with Crippen molar-refractivity contribution in [3.63, 3.8) is 0 Å². The zero-order valence-electron chi connectivity index (χ0n) is 11.9. The lowest BCUT2D eigenvalue weighted by Gasteiger charge is -2.21. The molecule has 0 saturated heterocycles. The monoisotopic (exact) mass is 335 g/mol. The van der Waals surface area contributed by atoms with E-state index in [9.17, 15) is 0 Å². The normalized spacial score (nSPS) is 10.4. The Hall–Kier alpha value is -1.75. The molecule has 0 radical (unpaired) electrons. The van der Waals surface area contributed by atoms with Gasteiger partial charge in [0.25, 0.3) is 0 Å². The average molecular weight is 336 g/mol. The van der Waals surface area contributed by atoms with E-state index in [4.69, 9.17) is 10.5 Å². The topological polar surface area (TPSA) is 51.4 Å². The third kappa shape index (κ3) is 3.04. The minimum absolute atomic E-state index is 0.693. The van der Waals surface area contributed by atoms with E-state index >= 15 is 0 Å². The number of nitrogens with zero attached hydrogens (tertiary/aromatic N) is 2. The number of benzene rings is 1. The second kappa shape index (κ2) is 6.13. The van der Waals surface area contributed by atoms with Crippen LogP contribution in [0.15, 0.2) is 34.9 Å². The van der Waals surface area contributed by atoms with Gasteiger partial charge < -0.3 is 15.4 Å². The Bertz CT molecular complexity index is 599. The standard InChI is InChI=1S/C15H18BrN3O/c1-10-13(17)8-18-15(14(10)16)19(2)9-11-4-6-12(20-3)7-5-11/h4-8H,9,17H2,1-3H3. The van der Waals surface area contributed by atoms with Crippen LogP contribution in [0, 0.1) is 6.92 Å². The van der Waals surface area contributed by atoms with Gasteiger partial charge in [0.05, 0.1) is 23.5 Å². The van der Waals surface area contributed by atoms with Gasteiger partial charge in [-0.05, 0) is 46.1 Å². The first kappa shape index (κ1) is 14.7. The van der Waals surface area contributed by atoms with Crippen LogP contribution in [-0.4, -0.2) is 19.1 Å². The molecule has 0 aliphatic rings. The lowest BCUT2D eigenvalue weighted by Crippen LogP contribution is -2.18. The van der Waals surface area contributed by atoms with Crippen LogP contribution >= 0.6 is 15.9 Å². The Morgan fingerprint density at radius 2 is 1.95 bits per heavy atom. The summed E-state index contributed by atoms with van der Waals surface area (Å²) < 4.78 is 6.10. The minimum Gasteiger partial charge on any atom is -0.497 e. The van der Waals surface area contributed by atoms with E-state index in [0.717, 1.165) is 28.1 Å². The summed E-state index contributed by atoms with van der Waals surface area (Å²) in [4.78, 5) is 6.48. The molecular formula is C15H18BrN3O. The molecule has 1 aromatic heterocycles. The van der Waals surface area contributed by atoms with E-state index < -0.39 is 0 Å². The van der Waals surface area contributed by atoms with Crippen LogP contribution in [0.3, 0.4) is 0 Å². The molecule has 0 aliphatic heterocycles. The molecule has 0 amide bonds. The van der Waals surface area contributed by atoms with Gasteiger partial charge in [-0.3, -0.25) is 0 Å². The molecule has 2 N–H and O–H groups in total. The summed E-state index contributed by atoms with van der Waals surface area (Å²) in [7, 11) is 3.67. The van der Waals surface area contributed by atoms with Gasteiger partial charge in [0, 0.05) is 13.6 Å². The van der Waals surface area contributed by atoms with Crippen molar-refractivity contribution in [1.29, 1.82) is 0 Å². The third-order valence-electron chi connectivity index (χ3n) is 3.22. The largest absolute Gasteiger partial charge is 0.497 e. The summed E-state index contributed by atoms with van der Waals surface area (Å²) in [5.41, 5.74) is 8.74. The summed E-state index contributed by atoms with van der Waals surface area (Å²) in [5.74, 6) is 1.74. The average Bonchev–Trinajstić information content (AvgIpc) is 2.45. The van der Waals surface area contributed by atoms with E-state index in [0.29, 0.717) is 5.69 Å². The predicted molar refractivity (Wildman–Crippen MR) is 86.2 cm³/mol. The lowest BCUT2D eigenvalue weighted by molar-refractivity contribution is 0.414. The number of anilines is 2. The van der Waals surface area contributed by atoms with Crippen LogP contribution in [0.4, 0.5) is 11.5 Å². The quantitative estimate of drug-likeness (QED) is 0.930. The first-order valence-corrected chi connectivity index (χ1v) is 7.07. The first-order chi connectivity index (χ1) is 9.52. The van der Waals surface area contributed by atoms with E-state index in [-0.39, 0.29) is 0 Å². The predicted octanol–water partition coefficient (Wildman–Crippen LogP) is 3.38. The van der Waals surface area contributed by atoms with Crippen molar-refractivity contribution in [2.45, 2.75) is 13.5 Å². The number of nitrogen functional groups attached to an aromatic ring is 1. The number of nitrogens with two attached hydrogens (primary N) is 1. The Morgan fingerprint density at radius 3 is 2.55 bits per heavy atom. The van der Waals surface area contributed by atoms with Gasteiger partial charge in [-0.15, -0.1) is 0 Å². The van der Waals surface area contributed by atoms with E-state index in [2.05, 4.69) is 25.8 Å². The number of halogens is 1. The zero-order valence-corrected chi connectivity index (χ0v) is 13.4. The first-order valence-electron chi connectivity index (χ1n) is 6.27. The van der Waals surface area contributed by atoms with Gasteiger partial charge in [0.2, 0.25) is 0 Å². The molecule has 2 aromatic rings. The molecule has 0 fully saturated rings. The number of rotatable bonds is 4. The number of ether oxygens (including phenoxy) is 1. The number of methoxy groups -OCH3 is 1. The van der Waals surface area contributed by atoms with Gasteiger partial charge in [-0.25, -0.2) is 4.98 Å². The Labute approximate surface area is 127 Å². The fourth-order valence-corrected chi connectivity index (χ4v) is 2.56. The van der Waals surface area contributed by atoms with Gasteiger partial charge in [-0.2, -0.15) is 0 Å². The summed E-state index contributed by atoms with van der Waals surface area (Å²) in [6.45, 7) is 2.74. The van der Waals surface area contributed by atoms with Crippen LogP contribution in [0.5, 0.6) is 5.75 Å². The summed E-state index contributed by atoms with van der Waals surface area (Å²) in [6, 6.07) is 8.01. The van der Waals surface area contributed by atoms with Gasteiger partial charge in [0.15, 0.2) is 0 Å². The molecule has 1 heterocycles. The third-order valence-corrected chi connectivity index (χ3v) is 4.17. The van der Waals surface area contributed by atoms with Crippen molar-refractivity contribution in [2.75, 3.05) is 24.8 Å². The van der Waals surface area contributed by atoms with Crippen molar-refractivity contribution in [3.05, 3.63) is 46.1 Å².